The molecule has 3 heteroatoms. The van der Waals surface area contributed by atoms with Crippen LogP contribution in [0.5, 0.6) is 5.75 Å². The average Bonchev–Trinajstić information content (AvgIpc) is 2.26. The first-order chi connectivity index (χ1) is 7.59. The van der Waals surface area contributed by atoms with E-state index < -0.39 is 17.4 Å². The molecule has 0 saturated heterocycles. The fourth-order valence-electron chi connectivity index (χ4n) is 1.57. The van der Waals surface area contributed by atoms with Gasteiger partial charge >= 0.3 is 0 Å². The van der Waals surface area contributed by atoms with Crippen LogP contribution in [-0.4, -0.2) is 5.11 Å². The molecule has 0 bridgehead atoms. The molecule has 1 N–H and O–H groups in total. The minimum atomic E-state index is -1.21. The second-order valence-corrected chi connectivity index (χ2v) is 3.63. The van der Waals surface area contributed by atoms with Gasteiger partial charge in [0.25, 0.3) is 0 Å². The van der Waals surface area contributed by atoms with Crippen molar-refractivity contribution in [2.75, 3.05) is 0 Å². The number of aromatic hydroxyl groups is 1. The van der Waals surface area contributed by atoms with Crippen LogP contribution in [0.1, 0.15) is 5.56 Å². The Labute approximate surface area is 92.0 Å². The Morgan fingerprint density at radius 3 is 2.44 bits per heavy atom. The first-order valence-corrected chi connectivity index (χ1v) is 4.83. The number of rotatable bonds is 1. The molecule has 2 aromatic carbocycles. The van der Waals surface area contributed by atoms with Crippen molar-refractivity contribution in [3.8, 4) is 16.9 Å². The molecule has 2 aromatic rings. The van der Waals surface area contributed by atoms with E-state index in [4.69, 9.17) is 5.11 Å². The number of aryl methyl sites for hydroxylation is 1. The minimum Gasteiger partial charge on any atom is -0.505 e. The average molecular weight is 220 g/mol. The van der Waals surface area contributed by atoms with E-state index in [0.29, 0.717) is 5.56 Å². The van der Waals surface area contributed by atoms with Crippen LogP contribution in [0.3, 0.4) is 0 Å². The van der Waals surface area contributed by atoms with E-state index in [0.717, 1.165) is 11.6 Å². The van der Waals surface area contributed by atoms with Crippen molar-refractivity contribution in [2.45, 2.75) is 6.92 Å². The molecule has 82 valence electrons. The first kappa shape index (κ1) is 10.6. The lowest BCUT2D eigenvalue weighted by Gasteiger charge is -2.06. The molecule has 0 aliphatic carbocycles. The number of phenolic OH excluding ortho intramolecular Hbond substituents is 1. The van der Waals surface area contributed by atoms with Gasteiger partial charge in [-0.05, 0) is 24.6 Å². The van der Waals surface area contributed by atoms with Crippen LogP contribution in [-0.2, 0) is 0 Å². The molecular weight excluding hydrogens is 210 g/mol. The predicted molar refractivity (Wildman–Crippen MR) is 58.2 cm³/mol. The number of hydrogen-bond donors (Lipinski definition) is 1. The summed E-state index contributed by atoms with van der Waals surface area (Å²) in [5, 5.41) is 9.01. The molecule has 2 rings (SSSR count). The summed E-state index contributed by atoms with van der Waals surface area (Å²) in [5.41, 5.74) is 1.71. The van der Waals surface area contributed by atoms with Gasteiger partial charge in [-0.15, -0.1) is 0 Å². The summed E-state index contributed by atoms with van der Waals surface area (Å²) < 4.78 is 26.7. The molecule has 0 aliphatic rings. The summed E-state index contributed by atoms with van der Waals surface area (Å²) in [5.74, 6) is -2.90. The molecule has 0 spiro atoms. The molecule has 0 aliphatic heterocycles. The van der Waals surface area contributed by atoms with Crippen LogP contribution in [0.2, 0.25) is 0 Å². The van der Waals surface area contributed by atoms with Gasteiger partial charge in [0.15, 0.2) is 11.6 Å². The van der Waals surface area contributed by atoms with Gasteiger partial charge in [0, 0.05) is 5.56 Å². The van der Waals surface area contributed by atoms with Crippen molar-refractivity contribution in [2.24, 2.45) is 0 Å². The summed E-state index contributed by atoms with van der Waals surface area (Å²) >= 11 is 0. The summed E-state index contributed by atoms with van der Waals surface area (Å²) in [4.78, 5) is 0. The Hall–Kier alpha value is -1.90. The normalized spacial score (nSPS) is 10.4. The third-order valence-corrected chi connectivity index (χ3v) is 2.39. The Morgan fingerprint density at radius 2 is 1.75 bits per heavy atom. The molecular formula is C13H10F2O. The van der Waals surface area contributed by atoms with E-state index in [9.17, 15) is 8.78 Å². The predicted octanol–water partition coefficient (Wildman–Crippen LogP) is 3.65. The Bertz CT molecular complexity index is 535. The lowest BCUT2D eigenvalue weighted by atomic mass is 10.0. The Kier molecular flexibility index (Phi) is 2.60. The molecule has 0 radical (unpaired) electrons. The van der Waals surface area contributed by atoms with E-state index in [1.807, 2.05) is 13.0 Å². The summed E-state index contributed by atoms with van der Waals surface area (Å²) in [6.45, 7) is 1.87. The summed E-state index contributed by atoms with van der Waals surface area (Å²) in [6, 6.07) is 9.61. The van der Waals surface area contributed by atoms with Crippen molar-refractivity contribution >= 4 is 0 Å². The highest BCUT2D eigenvalue weighted by Gasteiger charge is 2.13. The van der Waals surface area contributed by atoms with Gasteiger partial charge in [0.1, 0.15) is 0 Å². The van der Waals surface area contributed by atoms with Gasteiger partial charge in [-0.3, -0.25) is 0 Å². The second kappa shape index (κ2) is 3.93. The van der Waals surface area contributed by atoms with Gasteiger partial charge in [0.05, 0.1) is 0 Å². The van der Waals surface area contributed by atoms with Crippen LogP contribution in [0.25, 0.3) is 11.1 Å². The zero-order valence-corrected chi connectivity index (χ0v) is 8.67. The SMILES string of the molecule is Cc1cccc(-c2ccc(O)c(F)c2F)c1. The van der Waals surface area contributed by atoms with Crippen molar-refractivity contribution in [1.29, 1.82) is 0 Å². The van der Waals surface area contributed by atoms with Gasteiger partial charge in [-0.25, -0.2) is 4.39 Å². The van der Waals surface area contributed by atoms with E-state index in [2.05, 4.69) is 0 Å². The molecule has 0 aromatic heterocycles. The zero-order chi connectivity index (χ0) is 11.7. The lowest BCUT2D eigenvalue weighted by Crippen LogP contribution is -1.90. The van der Waals surface area contributed by atoms with Crippen LogP contribution >= 0.6 is 0 Å². The molecule has 16 heavy (non-hydrogen) atoms. The third kappa shape index (κ3) is 1.76. The van der Waals surface area contributed by atoms with E-state index in [-0.39, 0.29) is 5.56 Å². The number of phenols is 1. The van der Waals surface area contributed by atoms with Gasteiger partial charge in [0.2, 0.25) is 5.82 Å². The molecule has 0 saturated carbocycles. The van der Waals surface area contributed by atoms with Crippen molar-refractivity contribution in [3.63, 3.8) is 0 Å². The molecule has 0 unspecified atom stereocenters. The number of benzene rings is 2. The largest absolute Gasteiger partial charge is 0.505 e. The van der Waals surface area contributed by atoms with E-state index in [1.165, 1.54) is 6.07 Å². The van der Waals surface area contributed by atoms with Crippen LogP contribution < -0.4 is 0 Å². The third-order valence-electron chi connectivity index (χ3n) is 2.39. The lowest BCUT2D eigenvalue weighted by molar-refractivity contribution is 0.408. The minimum absolute atomic E-state index is 0.152. The van der Waals surface area contributed by atoms with Gasteiger partial charge in [-0.2, -0.15) is 4.39 Å². The maximum atomic E-state index is 13.5. The molecule has 0 atom stereocenters. The maximum absolute atomic E-state index is 13.5. The van der Waals surface area contributed by atoms with Crippen molar-refractivity contribution < 1.29 is 13.9 Å². The Morgan fingerprint density at radius 1 is 1.00 bits per heavy atom. The highest BCUT2D eigenvalue weighted by Crippen LogP contribution is 2.29. The van der Waals surface area contributed by atoms with Gasteiger partial charge in [-0.1, -0.05) is 29.8 Å². The maximum Gasteiger partial charge on any atom is 0.200 e. The number of hydrogen-bond acceptors (Lipinski definition) is 1. The second-order valence-electron chi connectivity index (χ2n) is 3.63. The number of halogens is 2. The Balaban J connectivity index is 2.61. The summed E-state index contributed by atoms with van der Waals surface area (Å²) in [6.07, 6.45) is 0. The van der Waals surface area contributed by atoms with E-state index >= 15 is 0 Å². The monoisotopic (exact) mass is 220 g/mol. The smallest absolute Gasteiger partial charge is 0.200 e. The summed E-state index contributed by atoms with van der Waals surface area (Å²) in [7, 11) is 0. The first-order valence-electron chi connectivity index (χ1n) is 4.83. The fraction of sp³-hybridized carbons (Fsp3) is 0.0769. The van der Waals surface area contributed by atoms with Crippen LogP contribution in [0.4, 0.5) is 8.78 Å². The molecule has 0 amide bonds. The quantitative estimate of drug-likeness (QED) is 0.777. The van der Waals surface area contributed by atoms with Crippen molar-refractivity contribution in [3.05, 3.63) is 53.6 Å². The van der Waals surface area contributed by atoms with Crippen LogP contribution in [0.15, 0.2) is 36.4 Å². The highest BCUT2D eigenvalue weighted by molar-refractivity contribution is 5.65. The highest BCUT2D eigenvalue weighted by atomic mass is 19.2. The van der Waals surface area contributed by atoms with Gasteiger partial charge < -0.3 is 5.11 Å². The molecule has 0 fully saturated rings. The zero-order valence-electron chi connectivity index (χ0n) is 8.67. The molecule has 1 nitrogen and oxygen atoms in total. The van der Waals surface area contributed by atoms with E-state index in [1.54, 1.807) is 18.2 Å². The topological polar surface area (TPSA) is 20.2 Å². The standard InChI is InChI=1S/C13H10F2O/c1-8-3-2-4-9(7-8)10-5-6-11(16)13(15)12(10)14/h2-7,16H,1H3. The molecule has 0 heterocycles. The van der Waals surface area contributed by atoms with Crippen molar-refractivity contribution in [1.82, 2.24) is 0 Å². The van der Waals surface area contributed by atoms with Crippen LogP contribution in [0, 0.1) is 18.6 Å². The fourth-order valence-corrected chi connectivity index (χ4v) is 1.57.